The fourth-order valence-electron chi connectivity index (χ4n) is 1.66. The van der Waals surface area contributed by atoms with Gasteiger partial charge in [0.1, 0.15) is 6.54 Å². The normalized spacial score (nSPS) is 18.1. The standard InChI is InChI=1S/C10H15N3O/c11-9(14)6-13-4-3-8(5-13)10(12)7-1-2-7/h3-5,7,10H,1-2,6,12H2,(H2,11,14). The molecule has 1 amide bonds. The Kier molecular flexibility index (Phi) is 2.29. The van der Waals surface area contributed by atoms with Crippen molar-refractivity contribution in [2.45, 2.75) is 25.4 Å². The maximum atomic E-state index is 10.7. The van der Waals surface area contributed by atoms with Crippen LogP contribution in [0.4, 0.5) is 0 Å². The second-order valence-electron chi connectivity index (χ2n) is 3.95. The van der Waals surface area contributed by atoms with E-state index in [9.17, 15) is 4.79 Å². The van der Waals surface area contributed by atoms with Crippen LogP contribution in [0.25, 0.3) is 0 Å². The second kappa shape index (κ2) is 3.46. The highest BCUT2D eigenvalue weighted by Crippen LogP contribution is 2.39. The van der Waals surface area contributed by atoms with Crippen LogP contribution < -0.4 is 11.5 Å². The van der Waals surface area contributed by atoms with Gasteiger partial charge in [-0.2, -0.15) is 0 Å². The molecule has 0 spiro atoms. The Morgan fingerprint density at radius 1 is 1.64 bits per heavy atom. The summed E-state index contributed by atoms with van der Waals surface area (Å²) < 4.78 is 1.78. The first kappa shape index (κ1) is 9.27. The SMILES string of the molecule is NC(=O)Cn1ccc(C(N)C2CC2)c1. The van der Waals surface area contributed by atoms with E-state index in [0.717, 1.165) is 5.56 Å². The van der Waals surface area contributed by atoms with Crippen LogP contribution in [0, 0.1) is 5.92 Å². The molecule has 1 aromatic heterocycles. The van der Waals surface area contributed by atoms with Gasteiger partial charge in [-0.25, -0.2) is 0 Å². The average molecular weight is 193 g/mol. The fraction of sp³-hybridized carbons (Fsp3) is 0.500. The van der Waals surface area contributed by atoms with Gasteiger partial charge in [0.2, 0.25) is 5.91 Å². The molecule has 4 heteroatoms. The Morgan fingerprint density at radius 3 is 2.93 bits per heavy atom. The summed E-state index contributed by atoms with van der Waals surface area (Å²) in [5.41, 5.74) is 12.2. The molecule has 1 atom stereocenters. The molecule has 1 saturated carbocycles. The minimum absolute atomic E-state index is 0.129. The fourth-order valence-corrected chi connectivity index (χ4v) is 1.66. The van der Waals surface area contributed by atoms with E-state index >= 15 is 0 Å². The average Bonchev–Trinajstić information content (AvgIpc) is 2.86. The third kappa shape index (κ3) is 1.96. The van der Waals surface area contributed by atoms with Crippen molar-refractivity contribution in [3.63, 3.8) is 0 Å². The van der Waals surface area contributed by atoms with Gasteiger partial charge in [0, 0.05) is 18.4 Å². The number of nitrogens with two attached hydrogens (primary N) is 2. The van der Waals surface area contributed by atoms with Crippen molar-refractivity contribution < 1.29 is 4.79 Å². The molecule has 0 radical (unpaired) electrons. The van der Waals surface area contributed by atoms with Crippen molar-refractivity contribution in [2.75, 3.05) is 0 Å². The Balaban J connectivity index is 2.04. The van der Waals surface area contributed by atoms with Crippen LogP contribution in [-0.4, -0.2) is 10.5 Å². The second-order valence-corrected chi connectivity index (χ2v) is 3.95. The summed E-state index contributed by atoms with van der Waals surface area (Å²) in [7, 11) is 0. The van der Waals surface area contributed by atoms with Gasteiger partial charge in [0.25, 0.3) is 0 Å². The van der Waals surface area contributed by atoms with Gasteiger partial charge in [0.15, 0.2) is 0 Å². The summed E-state index contributed by atoms with van der Waals surface area (Å²) in [6.45, 7) is 0.234. The summed E-state index contributed by atoms with van der Waals surface area (Å²) in [5.74, 6) is 0.312. The summed E-state index contributed by atoms with van der Waals surface area (Å²) in [5, 5.41) is 0. The highest BCUT2D eigenvalue weighted by atomic mass is 16.1. The predicted molar refractivity (Wildman–Crippen MR) is 53.3 cm³/mol. The van der Waals surface area contributed by atoms with Crippen molar-refractivity contribution in [1.29, 1.82) is 0 Å². The molecule has 1 unspecified atom stereocenters. The molecule has 1 fully saturated rings. The Bertz CT molecular complexity index is 341. The monoisotopic (exact) mass is 193 g/mol. The number of carbonyl (C=O) groups is 1. The molecule has 0 aliphatic heterocycles. The largest absolute Gasteiger partial charge is 0.368 e. The Morgan fingerprint density at radius 2 is 2.36 bits per heavy atom. The molecule has 0 saturated heterocycles. The minimum atomic E-state index is -0.327. The topological polar surface area (TPSA) is 74.0 Å². The maximum Gasteiger partial charge on any atom is 0.237 e. The van der Waals surface area contributed by atoms with Gasteiger partial charge in [-0.3, -0.25) is 4.79 Å². The molecule has 4 N–H and O–H groups in total. The van der Waals surface area contributed by atoms with E-state index in [1.54, 1.807) is 4.57 Å². The smallest absolute Gasteiger partial charge is 0.237 e. The number of rotatable bonds is 4. The van der Waals surface area contributed by atoms with Crippen LogP contribution in [0.2, 0.25) is 0 Å². The van der Waals surface area contributed by atoms with E-state index < -0.39 is 0 Å². The summed E-state index contributed by atoms with van der Waals surface area (Å²) in [4.78, 5) is 10.7. The lowest BCUT2D eigenvalue weighted by molar-refractivity contribution is -0.118. The van der Waals surface area contributed by atoms with Crippen LogP contribution in [0.5, 0.6) is 0 Å². The van der Waals surface area contributed by atoms with E-state index in [-0.39, 0.29) is 18.5 Å². The van der Waals surface area contributed by atoms with Crippen molar-refractivity contribution in [3.05, 3.63) is 24.0 Å². The molecular weight excluding hydrogens is 178 g/mol. The number of primary amides is 1. The number of hydrogen-bond donors (Lipinski definition) is 2. The lowest BCUT2D eigenvalue weighted by atomic mass is 10.1. The van der Waals surface area contributed by atoms with Crippen LogP contribution in [0.3, 0.4) is 0 Å². The van der Waals surface area contributed by atoms with Gasteiger partial charge in [0.05, 0.1) is 0 Å². The number of nitrogens with zero attached hydrogens (tertiary/aromatic N) is 1. The lowest BCUT2D eigenvalue weighted by Gasteiger charge is -2.06. The maximum absolute atomic E-state index is 10.7. The van der Waals surface area contributed by atoms with Crippen molar-refractivity contribution in [1.82, 2.24) is 4.57 Å². The lowest BCUT2D eigenvalue weighted by Crippen LogP contribution is -2.17. The van der Waals surface area contributed by atoms with Crippen LogP contribution in [0.15, 0.2) is 18.5 Å². The van der Waals surface area contributed by atoms with Crippen molar-refractivity contribution in [3.8, 4) is 0 Å². The van der Waals surface area contributed by atoms with E-state index in [0.29, 0.717) is 5.92 Å². The van der Waals surface area contributed by atoms with Gasteiger partial charge in [-0.05, 0) is 30.4 Å². The highest BCUT2D eigenvalue weighted by molar-refractivity contribution is 5.73. The third-order valence-corrected chi connectivity index (χ3v) is 2.63. The Labute approximate surface area is 82.9 Å². The summed E-state index contributed by atoms with van der Waals surface area (Å²) >= 11 is 0. The highest BCUT2D eigenvalue weighted by Gasteiger charge is 2.29. The van der Waals surface area contributed by atoms with E-state index in [1.807, 2.05) is 18.5 Å². The molecule has 0 aromatic carbocycles. The number of amides is 1. The molecule has 1 aliphatic carbocycles. The quantitative estimate of drug-likeness (QED) is 0.725. The van der Waals surface area contributed by atoms with E-state index in [4.69, 9.17) is 11.5 Å². The van der Waals surface area contributed by atoms with Gasteiger partial charge < -0.3 is 16.0 Å². The Hall–Kier alpha value is -1.29. The third-order valence-electron chi connectivity index (χ3n) is 2.63. The molecule has 4 nitrogen and oxygen atoms in total. The number of carbonyl (C=O) groups excluding carboxylic acids is 1. The van der Waals surface area contributed by atoms with E-state index in [2.05, 4.69) is 0 Å². The zero-order valence-electron chi connectivity index (χ0n) is 8.02. The molecule has 0 bridgehead atoms. The summed E-state index contributed by atoms with van der Waals surface area (Å²) in [6.07, 6.45) is 6.21. The minimum Gasteiger partial charge on any atom is -0.368 e. The predicted octanol–water partition coefficient (Wildman–Crippen LogP) is 0.383. The molecule has 1 aliphatic rings. The first-order chi connectivity index (χ1) is 6.66. The van der Waals surface area contributed by atoms with Gasteiger partial charge in [-0.15, -0.1) is 0 Å². The number of hydrogen-bond acceptors (Lipinski definition) is 2. The molecule has 14 heavy (non-hydrogen) atoms. The summed E-state index contributed by atoms with van der Waals surface area (Å²) in [6, 6.07) is 2.09. The molecule has 2 rings (SSSR count). The van der Waals surface area contributed by atoms with Gasteiger partial charge in [-0.1, -0.05) is 0 Å². The molecule has 1 aromatic rings. The van der Waals surface area contributed by atoms with Gasteiger partial charge >= 0.3 is 0 Å². The number of aromatic nitrogens is 1. The van der Waals surface area contributed by atoms with Crippen LogP contribution in [0.1, 0.15) is 24.4 Å². The zero-order valence-corrected chi connectivity index (χ0v) is 8.02. The van der Waals surface area contributed by atoms with Crippen LogP contribution >= 0.6 is 0 Å². The van der Waals surface area contributed by atoms with Crippen molar-refractivity contribution >= 4 is 5.91 Å². The molecular formula is C10H15N3O. The molecule has 1 heterocycles. The van der Waals surface area contributed by atoms with Crippen LogP contribution in [-0.2, 0) is 11.3 Å². The first-order valence-corrected chi connectivity index (χ1v) is 4.86. The van der Waals surface area contributed by atoms with E-state index in [1.165, 1.54) is 12.8 Å². The van der Waals surface area contributed by atoms with Crippen molar-refractivity contribution in [2.24, 2.45) is 17.4 Å². The molecule has 76 valence electrons. The first-order valence-electron chi connectivity index (χ1n) is 4.86. The zero-order chi connectivity index (χ0) is 10.1.